The van der Waals surface area contributed by atoms with Gasteiger partial charge in [-0.25, -0.2) is 8.42 Å². The van der Waals surface area contributed by atoms with Crippen LogP contribution >= 0.6 is 0 Å². The van der Waals surface area contributed by atoms with Crippen molar-refractivity contribution in [3.8, 4) is 0 Å². The van der Waals surface area contributed by atoms with Gasteiger partial charge in [0.25, 0.3) is 11.8 Å². The fourth-order valence-electron chi connectivity index (χ4n) is 4.34. The molecule has 2 atom stereocenters. The Labute approximate surface area is 237 Å². The lowest BCUT2D eigenvalue weighted by Gasteiger charge is -2.25. The minimum absolute atomic E-state index is 0.101. The van der Waals surface area contributed by atoms with Crippen molar-refractivity contribution in [2.75, 3.05) is 43.9 Å². The van der Waals surface area contributed by atoms with Crippen LogP contribution in [-0.4, -0.2) is 77.1 Å². The summed E-state index contributed by atoms with van der Waals surface area (Å²) in [6, 6.07) is 11.8. The number of amides is 2. The molecule has 2 amide bonds. The zero-order valence-electron chi connectivity index (χ0n) is 23.8. The van der Waals surface area contributed by atoms with E-state index < -0.39 is 34.0 Å². The van der Waals surface area contributed by atoms with E-state index in [1.165, 1.54) is 30.8 Å². The number of fused-ring (bicyclic) bond motifs is 2. The van der Waals surface area contributed by atoms with Gasteiger partial charge in [0.15, 0.2) is 0 Å². The molecule has 2 aromatic carbocycles. The summed E-state index contributed by atoms with van der Waals surface area (Å²) in [5, 5.41) is 19.9. The third-order valence-electron chi connectivity index (χ3n) is 6.93. The van der Waals surface area contributed by atoms with Crippen LogP contribution in [0.4, 0.5) is 5.69 Å². The second-order valence-corrected chi connectivity index (χ2v) is 12.6. The Kier molecular flexibility index (Phi) is 11.5. The number of nitrogens with one attached hydrogen (secondary N) is 3. The van der Waals surface area contributed by atoms with Gasteiger partial charge in [-0.15, -0.1) is 0 Å². The summed E-state index contributed by atoms with van der Waals surface area (Å²) in [6.45, 7) is 6.04. The van der Waals surface area contributed by atoms with Crippen LogP contribution in [0.5, 0.6) is 0 Å². The molecule has 1 aliphatic rings. The minimum atomic E-state index is -3.64. The maximum absolute atomic E-state index is 13.4. The number of carbonyl (C=O) groups is 2. The number of hydrogen-bond acceptors (Lipinski definition) is 7. The molecule has 1 aliphatic heterocycles. The lowest BCUT2D eigenvalue weighted by atomic mass is 10.0. The summed E-state index contributed by atoms with van der Waals surface area (Å²) in [6.07, 6.45) is 2.44. The van der Waals surface area contributed by atoms with Crippen molar-refractivity contribution in [2.24, 2.45) is 0 Å². The average molecular weight is 575 g/mol. The molecule has 10 nitrogen and oxygen atoms in total. The number of sulfonamides is 1. The third kappa shape index (κ3) is 9.29. The van der Waals surface area contributed by atoms with Gasteiger partial charge in [-0.2, -0.15) is 0 Å². The molecular weight excluding hydrogens is 532 g/mol. The molecule has 11 heteroatoms. The molecule has 0 aromatic heterocycles. The Balaban J connectivity index is 1.80. The number of aliphatic hydroxyl groups is 1. The van der Waals surface area contributed by atoms with E-state index in [2.05, 4.69) is 41.9 Å². The molecule has 0 spiro atoms. The highest BCUT2D eigenvalue weighted by molar-refractivity contribution is 7.92. The van der Waals surface area contributed by atoms with Gasteiger partial charge in [0.1, 0.15) is 0 Å². The standard InChI is InChI=1S/C29H42N4O6S/c1-20(2)22-10-8-9-21(13-22)17-30-18-27(34)26-19-39-12-7-5-6-11-31-28(35)23-14-24(29(36)32-26)16-25(15-23)33(3)40(4,37)38/h8-10,13-16,20,26-27,30,34H,5-7,11-12,17-19H2,1-4H3,(H,31,35)(H,32,36)/t26-,27+/m0/s1. The van der Waals surface area contributed by atoms with Crippen LogP contribution in [0, 0.1) is 0 Å². The predicted molar refractivity (Wildman–Crippen MR) is 156 cm³/mol. The number of carbonyl (C=O) groups excluding carboxylic acids is 2. The SMILES string of the molecule is CC(C)c1cccc(CNC[C@@H](O)[C@@H]2COCCCCCNC(=O)c3cc(cc(N(C)S(C)(=O)=O)c3)C(=O)N2)c1. The fraction of sp³-hybridized carbons (Fsp3) is 0.517. The molecule has 220 valence electrons. The Bertz CT molecular complexity index is 1270. The Hall–Kier alpha value is -2.99. The van der Waals surface area contributed by atoms with E-state index >= 15 is 0 Å². The molecule has 0 radical (unpaired) electrons. The first kappa shape index (κ1) is 31.5. The van der Waals surface area contributed by atoms with Crippen molar-refractivity contribution in [3.05, 3.63) is 64.7 Å². The van der Waals surface area contributed by atoms with Crippen LogP contribution < -0.4 is 20.3 Å². The second-order valence-electron chi connectivity index (χ2n) is 10.6. The van der Waals surface area contributed by atoms with Gasteiger partial charge in [-0.05, 0) is 54.5 Å². The van der Waals surface area contributed by atoms with Crippen LogP contribution in [0.25, 0.3) is 0 Å². The first-order chi connectivity index (χ1) is 19.0. The normalized spacial score (nSPS) is 18.3. The lowest BCUT2D eigenvalue weighted by Crippen LogP contribution is -2.50. The van der Waals surface area contributed by atoms with Crippen LogP contribution in [0.1, 0.15) is 70.9 Å². The summed E-state index contributed by atoms with van der Waals surface area (Å²) in [4.78, 5) is 26.2. The van der Waals surface area contributed by atoms with Crippen molar-refractivity contribution in [3.63, 3.8) is 0 Å². The van der Waals surface area contributed by atoms with Crippen molar-refractivity contribution < 1.29 is 27.9 Å². The number of aliphatic hydroxyl groups excluding tert-OH is 1. The lowest BCUT2D eigenvalue weighted by molar-refractivity contribution is 0.0428. The first-order valence-electron chi connectivity index (χ1n) is 13.7. The van der Waals surface area contributed by atoms with Gasteiger partial charge in [-0.3, -0.25) is 13.9 Å². The van der Waals surface area contributed by atoms with E-state index in [1.807, 2.05) is 12.1 Å². The molecule has 0 fully saturated rings. The summed E-state index contributed by atoms with van der Waals surface area (Å²) in [5.41, 5.74) is 2.79. The number of benzene rings is 2. The van der Waals surface area contributed by atoms with E-state index in [0.29, 0.717) is 25.6 Å². The monoisotopic (exact) mass is 574 g/mol. The molecule has 3 rings (SSSR count). The summed E-state index contributed by atoms with van der Waals surface area (Å²) in [7, 11) is -2.28. The van der Waals surface area contributed by atoms with E-state index in [0.717, 1.165) is 35.4 Å². The number of nitrogens with zero attached hydrogens (tertiary/aromatic N) is 1. The minimum Gasteiger partial charge on any atom is -0.390 e. The number of anilines is 1. The zero-order chi connectivity index (χ0) is 29.3. The van der Waals surface area contributed by atoms with Crippen molar-refractivity contribution >= 4 is 27.5 Å². The van der Waals surface area contributed by atoms with E-state index in [1.54, 1.807) is 0 Å². The molecule has 2 aromatic rings. The second kappa shape index (κ2) is 14.6. The Morgan fingerprint density at radius 1 is 1.07 bits per heavy atom. The van der Waals surface area contributed by atoms with Crippen LogP contribution in [-0.2, 0) is 21.3 Å². The summed E-state index contributed by atoms with van der Waals surface area (Å²) in [5.74, 6) is -0.537. The topological polar surface area (TPSA) is 137 Å². The fourth-order valence-corrected chi connectivity index (χ4v) is 4.82. The number of ether oxygens (including phenoxy) is 1. The van der Waals surface area contributed by atoms with Gasteiger partial charge < -0.3 is 25.8 Å². The third-order valence-corrected chi connectivity index (χ3v) is 8.14. The van der Waals surface area contributed by atoms with Crippen molar-refractivity contribution in [1.82, 2.24) is 16.0 Å². The highest BCUT2D eigenvalue weighted by Gasteiger charge is 2.24. The summed E-state index contributed by atoms with van der Waals surface area (Å²) < 4.78 is 31.2. The Morgan fingerprint density at radius 3 is 2.50 bits per heavy atom. The maximum Gasteiger partial charge on any atom is 0.251 e. The molecule has 0 saturated carbocycles. The predicted octanol–water partition coefficient (Wildman–Crippen LogP) is 2.39. The highest BCUT2D eigenvalue weighted by Crippen LogP contribution is 2.21. The van der Waals surface area contributed by atoms with Gasteiger partial charge in [-0.1, -0.05) is 38.1 Å². The van der Waals surface area contributed by atoms with Crippen molar-refractivity contribution in [2.45, 2.75) is 57.7 Å². The highest BCUT2D eigenvalue weighted by atomic mass is 32.2. The van der Waals surface area contributed by atoms with Gasteiger partial charge in [0.05, 0.1) is 30.7 Å². The molecule has 2 bridgehead atoms. The number of hydrogen-bond donors (Lipinski definition) is 4. The molecule has 0 unspecified atom stereocenters. The van der Waals surface area contributed by atoms with Gasteiger partial charge in [0, 0.05) is 44.4 Å². The van der Waals surface area contributed by atoms with E-state index in [9.17, 15) is 23.1 Å². The largest absolute Gasteiger partial charge is 0.390 e. The quantitative estimate of drug-likeness (QED) is 0.380. The summed E-state index contributed by atoms with van der Waals surface area (Å²) >= 11 is 0. The Morgan fingerprint density at radius 2 is 1.80 bits per heavy atom. The molecule has 1 heterocycles. The molecule has 0 saturated heterocycles. The maximum atomic E-state index is 13.4. The van der Waals surface area contributed by atoms with E-state index in [-0.39, 0.29) is 30.0 Å². The van der Waals surface area contributed by atoms with Crippen LogP contribution in [0.15, 0.2) is 42.5 Å². The molecule has 4 N–H and O–H groups in total. The van der Waals surface area contributed by atoms with Crippen LogP contribution in [0.3, 0.4) is 0 Å². The van der Waals surface area contributed by atoms with E-state index in [4.69, 9.17) is 4.74 Å². The average Bonchev–Trinajstić information content (AvgIpc) is 2.92. The molecular formula is C29H42N4O6S. The first-order valence-corrected chi connectivity index (χ1v) is 15.5. The number of rotatable bonds is 8. The smallest absolute Gasteiger partial charge is 0.251 e. The van der Waals surface area contributed by atoms with Crippen LogP contribution in [0.2, 0.25) is 0 Å². The zero-order valence-corrected chi connectivity index (χ0v) is 24.6. The van der Waals surface area contributed by atoms with Gasteiger partial charge >= 0.3 is 0 Å². The molecule has 0 aliphatic carbocycles. The van der Waals surface area contributed by atoms with Gasteiger partial charge in [0.2, 0.25) is 10.0 Å². The van der Waals surface area contributed by atoms with Crippen molar-refractivity contribution in [1.29, 1.82) is 0 Å². The molecule has 40 heavy (non-hydrogen) atoms.